The molecule has 0 atom stereocenters. The molecule has 0 aliphatic heterocycles. The number of fused-ring (bicyclic) bond motifs is 1. The van der Waals surface area contributed by atoms with Crippen molar-refractivity contribution in [2.45, 2.75) is 46.0 Å². The molecule has 0 amide bonds. The fourth-order valence-electron chi connectivity index (χ4n) is 4.33. The number of nitrogens with one attached hydrogen (secondary N) is 1. The molecule has 0 bridgehead atoms. The van der Waals surface area contributed by atoms with Crippen LogP contribution in [0, 0.1) is 13.8 Å². The number of nitrogens with zero attached hydrogens (tertiary/aromatic N) is 6. The van der Waals surface area contributed by atoms with E-state index in [1.54, 1.807) is 0 Å². The van der Waals surface area contributed by atoms with Gasteiger partial charge in [-0.05, 0) is 80.1 Å². The number of rotatable bonds is 3. The zero-order chi connectivity index (χ0) is 20.5. The van der Waals surface area contributed by atoms with E-state index in [1.807, 2.05) is 32.3 Å². The minimum Gasteiger partial charge on any atom is -0.262 e. The van der Waals surface area contributed by atoms with Gasteiger partial charge < -0.3 is 0 Å². The standard InChI is InChI=1S/C23H23N7/c1-14-12-16(8-10-24-14)20-18-6-4-3-5-7-19(18)26-22(17-9-11-25-15(2)13-17)21(20)23-27-29-30-28-23/h8-13H,3-7H2,1-2H3,(H,27,28,29,30). The molecule has 1 aliphatic rings. The molecule has 7 nitrogen and oxygen atoms in total. The lowest BCUT2D eigenvalue weighted by atomic mass is 9.88. The summed E-state index contributed by atoms with van der Waals surface area (Å²) in [6.07, 6.45) is 9.21. The number of aromatic amines is 1. The van der Waals surface area contributed by atoms with Gasteiger partial charge in [0.15, 0.2) is 0 Å². The predicted molar refractivity (Wildman–Crippen MR) is 115 cm³/mol. The summed E-state index contributed by atoms with van der Waals surface area (Å²) < 4.78 is 0. The van der Waals surface area contributed by atoms with Gasteiger partial charge in [0.1, 0.15) is 0 Å². The number of hydrogen-bond donors (Lipinski definition) is 1. The van der Waals surface area contributed by atoms with Gasteiger partial charge in [-0.2, -0.15) is 5.21 Å². The number of pyridine rings is 3. The molecule has 1 N–H and O–H groups in total. The number of tetrazole rings is 1. The second kappa shape index (κ2) is 7.74. The number of hydrogen-bond acceptors (Lipinski definition) is 6. The van der Waals surface area contributed by atoms with Gasteiger partial charge in [0.2, 0.25) is 5.82 Å². The molecule has 0 saturated carbocycles. The average molecular weight is 397 g/mol. The summed E-state index contributed by atoms with van der Waals surface area (Å²) in [4.78, 5) is 14.0. The Hall–Kier alpha value is -3.48. The summed E-state index contributed by atoms with van der Waals surface area (Å²) in [6, 6.07) is 8.27. The summed E-state index contributed by atoms with van der Waals surface area (Å²) in [5, 5.41) is 15.2. The first-order valence-electron chi connectivity index (χ1n) is 10.4. The lowest BCUT2D eigenvalue weighted by Crippen LogP contribution is -2.06. The van der Waals surface area contributed by atoms with Gasteiger partial charge in [-0.15, -0.1) is 10.2 Å². The van der Waals surface area contributed by atoms with Gasteiger partial charge >= 0.3 is 0 Å². The summed E-state index contributed by atoms with van der Waals surface area (Å²) in [5.74, 6) is 0.559. The van der Waals surface area contributed by atoms with Crippen LogP contribution >= 0.6 is 0 Å². The van der Waals surface area contributed by atoms with Crippen LogP contribution in [0.2, 0.25) is 0 Å². The Balaban J connectivity index is 1.90. The first kappa shape index (κ1) is 18.5. The Kier molecular flexibility index (Phi) is 4.78. The van der Waals surface area contributed by atoms with Crippen LogP contribution in [0.3, 0.4) is 0 Å². The lowest BCUT2D eigenvalue weighted by Gasteiger charge is -2.20. The average Bonchev–Trinajstić information content (AvgIpc) is 3.17. The van der Waals surface area contributed by atoms with Crippen LogP contribution in [-0.4, -0.2) is 35.6 Å². The molecule has 0 saturated heterocycles. The topological polar surface area (TPSA) is 93.1 Å². The zero-order valence-electron chi connectivity index (χ0n) is 17.2. The fraction of sp³-hybridized carbons (Fsp3) is 0.304. The van der Waals surface area contributed by atoms with E-state index >= 15 is 0 Å². The Morgan fingerprint density at radius 1 is 0.833 bits per heavy atom. The van der Waals surface area contributed by atoms with Gasteiger partial charge in [0, 0.05) is 40.6 Å². The highest BCUT2D eigenvalue weighted by molar-refractivity contribution is 5.92. The van der Waals surface area contributed by atoms with E-state index in [1.165, 1.54) is 17.7 Å². The van der Waals surface area contributed by atoms with E-state index < -0.39 is 0 Å². The van der Waals surface area contributed by atoms with E-state index in [0.29, 0.717) is 5.82 Å². The van der Waals surface area contributed by atoms with E-state index in [4.69, 9.17) is 4.98 Å². The van der Waals surface area contributed by atoms with E-state index in [9.17, 15) is 0 Å². The van der Waals surface area contributed by atoms with Gasteiger partial charge in [-0.25, -0.2) is 0 Å². The number of H-pyrrole nitrogens is 1. The molecule has 150 valence electrons. The van der Waals surface area contributed by atoms with E-state index in [2.05, 4.69) is 48.8 Å². The van der Waals surface area contributed by atoms with Gasteiger partial charge in [0.05, 0.1) is 11.3 Å². The van der Waals surface area contributed by atoms with Crippen LogP contribution in [0.5, 0.6) is 0 Å². The van der Waals surface area contributed by atoms with Crippen molar-refractivity contribution in [3.05, 3.63) is 59.3 Å². The Bertz CT molecular complexity index is 1200. The smallest absolute Gasteiger partial charge is 0.207 e. The summed E-state index contributed by atoms with van der Waals surface area (Å²) in [7, 11) is 0. The van der Waals surface area contributed by atoms with Crippen LogP contribution in [0.15, 0.2) is 36.7 Å². The number of aromatic nitrogens is 7. The van der Waals surface area contributed by atoms with Crippen LogP contribution in [0.1, 0.15) is 41.9 Å². The molecule has 30 heavy (non-hydrogen) atoms. The summed E-state index contributed by atoms with van der Waals surface area (Å²) in [6.45, 7) is 4.01. The molecular weight excluding hydrogens is 374 g/mol. The molecule has 0 radical (unpaired) electrons. The van der Waals surface area contributed by atoms with Gasteiger partial charge in [-0.3, -0.25) is 15.0 Å². The fourth-order valence-corrected chi connectivity index (χ4v) is 4.33. The van der Waals surface area contributed by atoms with Gasteiger partial charge in [-0.1, -0.05) is 6.42 Å². The second-order valence-corrected chi connectivity index (χ2v) is 7.80. The first-order valence-corrected chi connectivity index (χ1v) is 10.4. The molecule has 4 heterocycles. The van der Waals surface area contributed by atoms with Crippen LogP contribution in [0.25, 0.3) is 33.8 Å². The molecule has 0 spiro atoms. The predicted octanol–water partition coefficient (Wildman–Crippen LogP) is 4.27. The normalized spacial score (nSPS) is 13.7. The maximum absolute atomic E-state index is 5.18. The molecular formula is C23H23N7. The molecule has 1 aliphatic carbocycles. The Morgan fingerprint density at radius 2 is 1.57 bits per heavy atom. The molecule has 4 aromatic heterocycles. The zero-order valence-corrected chi connectivity index (χ0v) is 17.2. The summed E-state index contributed by atoms with van der Waals surface area (Å²) in [5.41, 5.74) is 9.49. The van der Waals surface area contributed by atoms with Crippen molar-refractivity contribution in [3.63, 3.8) is 0 Å². The number of aryl methyl sites for hydroxylation is 3. The third-order valence-corrected chi connectivity index (χ3v) is 5.65. The third kappa shape index (κ3) is 3.36. The maximum Gasteiger partial charge on any atom is 0.207 e. The molecule has 0 unspecified atom stereocenters. The van der Waals surface area contributed by atoms with Crippen molar-refractivity contribution < 1.29 is 0 Å². The van der Waals surface area contributed by atoms with Crippen molar-refractivity contribution in [3.8, 4) is 33.8 Å². The second-order valence-electron chi connectivity index (χ2n) is 7.80. The lowest BCUT2D eigenvalue weighted by molar-refractivity contribution is 0.709. The highest BCUT2D eigenvalue weighted by Gasteiger charge is 2.26. The van der Waals surface area contributed by atoms with Crippen LogP contribution in [-0.2, 0) is 12.8 Å². The van der Waals surface area contributed by atoms with E-state index in [0.717, 1.165) is 65.0 Å². The molecule has 0 aromatic carbocycles. The quantitative estimate of drug-likeness (QED) is 0.519. The monoisotopic (exact) mass is 397 g/mol. The molecule has 7 heteroatoms. The Labute approximate surface area is 175 Å². The van der Waals surface area contributed by atoms with Crippen LogP contribution in [0.4, 0.5) is 0 Å². The maximum atomic E-state index is 5.18. The van der Waals surface area contributed by atoms with Crippen molar-refractivity contribution in [2.75, 3.05) is 0 Å². The highest BCUT2D eigenvalue weighted by atomic mass is 15.5. The van der Waals surface area contributed by atoms with Crippen LogP contribution < -0.4 is 0 Å². The van der Waals surface area contributed by atoms with Gasteiger partial charge in [0.25, 0.3) is 0 Å². The highest BCUT2D eigenvalue weighted by Crippen LogP contribution is 2.42. The molecule has 4 aromatic rings. The van der Waals surface area contributed by atoms with E-state index in [-0.39, 0.29) is 0 Å². The summed E-state index contributed by atoms with van der Waals surface area (Å²) >= 11 is 0. The van der Waals surface area contributed by atoms with Crippen molar-refractivity contribution >= 4 is 0 Å². The first-order chi connectivity index (χ1) is 14.7. The van der Waals surface area contributed by atoms with Crippen molar-refractivity contribution in [1.29, 1.82) is 0 Å². The minimum atomic E-state index is 0.559. The minimum absolute atomic E-state index is 0.559. The SMILES string of the molecule is Cc1cc(-c2nc3c(c(-c4ccnc(C)c4)c2-c2nn[nH]n2)CCCCC3)ccn1. The largest absolute Gasteiger partial charge is 0.262 e. The third-order valence-electron chi connectivity index (χ3n) is 5.65. The molecule has 0 fully saturated rings. The van der Waals surface area contributed by atoms with Crippen molar-refractivity contribution in [2.24, 2.45) is 0 Å². The Morgan fingerprint density at radius 3 is 2.30 bits per heavy atom. The molecule has 5 rings (SSSR count). The van der Waals surface area contributed by atoms with Crippen molar-refractivity contribution in [1.82, 2.24) is 35.6 Å².